The molecule has 0 unspecified atom stereocenters. The zero-order chi connectivity index (χ0) is 21.6. The lowest BCUT2D eigenvalue weighted by atomic mass is 9.99. The van der Waals surface area contributed by atoms with Crippen LogP contribution in [0.15, 0.2) is 42.5 Å². The van der Waals surface area contributed by atoms with Gasteiger partial charge in [0.25, 0.3) is 11.8 Å². The third-order valence-electron chi connectivity index (χ3n) is 5.97. The van der Waals surface area contributed by atoms with Crippen molar-refractivity contribution >= 4 is 11.8 Å². The molecule has 0 spiro atoms. The molecule has 6 nitrogen and oxygen atoms in total. The highest BCUT2D eigenvalue weighted by Gasteiger charge is 2.23. The summed E-state index contributed by atoms with van der Waals surface area (Å²) in [6.45, 7) is 5.23. The van der Waals surface area contributed by atoms with Gasteiger partial charge >= 0.3 is 0 Å². The summed E-state index contributed by atoms with van der Waals surface area (Å²) in [4.78, 5) is 29.3. The Morgan fingerprint density at radius 3 is 2.42 bits per heavy atom. The first kappa shape index (κ1) is 21.2. The van der Waals surface area contributed by atoms with Gasteiger partial charge < -0.3 is 19.3 Å². The Hall–Kier alpha value is -3.02. The normalized spacial score (nSPS) is 15.9. The van der Waals surface area contributed by atoms with Crippen LogP contribution in [0.5, 0.6) is 11.5 Å². The lowest BCUT2D eigenvalue weighted by Crippen LogP contribution is -2.38. The molecule has 1 fully saturated rings. The number of rotatable bonds is 6. The summed E-state index contributed by atoms with van der Waals surface area (Å²) in [5, 5.41) is 0. The van der Waals surface area contributed by atoms with Crippen molar-refractivity contribution < 1.29 is 19.1 Å². The van der Waals surface area contributed by atoms with Crippen LogP contribution < -0.4 is 9.47 Å². The Morgan fingerprint density at radius 2 is 1.65 bits per heavy atom. The maximum Gasteiger partial charge on any atom is 0.260 e. The number of fused-ring (bicyclic) bond motifs is 1. The van der Waals surface area contributed by atoms with Crippen LogP contribution in [0, 0.1) is 0 Å². The van der Waals surface area contributed by atoms with Crippen molar-refractivity contribution in [3.63, 3.8) is 0 Å². The van der Waals surface area contributed by atoms with Crippen molar-refractivity contribution in [1.82, 2.24) is 9.80 Å². The third kappa shape index (κ3) is 5.01. The summed E-state index contributed by atoms with van der Waals surface area (Å²) < 4.78 is 11.5. The van der Waals surface area contributed by atoms with Gasteiger partial charge in [-0.1, -0.05) is 24.3 Å². The van der Waals surface area contributed by atoms with E-state index in [9.17, 15) is 9.59 Å². The summed E-state index contributed by atoms with van der Waals surface area (Å²) in [5.41, 5.74) is 3.07. The zero-order valence-electron chi connectivity index (χ0n) is 18.1. The number of nitrogens with zero attached hydrogens (tertiary/aromatic N) is 2. The number of hydrogen-bond acceptors (Lipinski definition) is 4. The van der Waals surface area contributed by atoms with Gasteiger partial charge in [-0.2, -0.15) is 0 Å². The molecule has 0 aromatic heterocycles. The van der Waals surface area contributed by atoms with E-state index in [-0.39, 0.29) is 18.4 Å². The number of likely N-dealkylation sites (tertiary alicyclic amines) is 1. The fourth-order valence-electron chi connectivity index (χ4n) is 4.25. The van der Waals surface area contributed by atoms with Crippen LogP contribution in [0.3, 0.4) is 0 Å². The molecule has 2 aromatic carbocycles. The predicted octanol–water partition coefficient (Wildman–Crippen LogP) is 3.68. The molecule has 164 valence electrons. The molecule has 2 aromatic rings. The maximum absolute atomic E-state index is 13.1. The highest BCUT2D eigenvalue weighted by atomic mass is 16.5. The number of benzene rings is 2. The molecule has 0 atom stereocenters. The standard InChI is InChI=1S/C25H30N2O4/c1-2-30-23-16-20(25(29)27-15-12-19-8-4-5-9-21(19)17-27)10-11-22(23)31-18-24(28)26-13-6-3-7-14-26/h4-5,8-11,16H,2-3,6-7,12-15,17-18H2,1H3. The van der Waals surface area contributed by atoms with E-state index in [1.165, 1.54) is 17.5 Å². The lowest BCUT2D eigenvalue weighted by Gasteiger charge is -2.29. The molecular weight excluding hydrogens is 392 g/mol. The average molecular weight is 423 g/mol. The van der Waals surface area contributed by atoms with Crippen LogP contribution in [0.2, 0.25) is 0 Å². The van der Waals surface area contributed by atoms with Gasteiger partial charge in [0.1, 0.15) is 0 Å². The van der Waals surface area contributed by atoms with Gasteiger partial charge in [-0.05, 0) is 61.9 Å². The van der Waals surface area contributed by atoms with Gasteiger partial charge in [-0.25, -0.2) is 0 Å². The van der Waals surface area contributed by atoms with Crippen LogP contribution in [0.25, 0.3) is 0 Å². The lowest BCUT2D eigenvalue weighted by molar-refractivity contribution is -0.134. The summed E-state index contributed by atoms with van der Waals surface area (Å²) in [6.07, 6.45) is 4.14. The number of piperidine rings is 1. The van der Waals surface area contributed by atoms with E-state index in [2.05, 4.69) is 12.1 Å². The molecule has 4 rings (SSSR count). The Bertz CT molecular complexity index is 937. The van der Waals surface area contributed by atoms with Crippen molar-refractivity contribution in [2.24, 2.45) is 0 Å². The van der Waals surface area contributed by atoms with Gasteiger partial charge in [0, 0.05) is 31.7 Å². The maximum atomic E-state index is 13.1. The minimum atomic E-state index is -0.0219. The zero-order valence-corrected chi connectivity index (χ0v) is 18.1. The highest BCUT2D eigenvalue weighted by molar-refractivity contribution is 5.95. The summed E-state index contributed by atoms with van der Waals surface area (Å²) in [6, 6.07) is 13.5. The van der Waals surface area contributed by atoms with Gasteiger partial charge in [0.2, 0.25) is 0 Å². The number of hydrogen-bond donors (Lipinski definition) is 0. The second-order valence-corrected chi connectivity index (χ2v) is 8.07. The van der Waals surface area contributed by atoms with Crippen molar-refractivity contribution in [3.05, 3.63) is 59.2 Å². The molecule has 2 heterocycles. The van der Waals surface area contributed by atoms with Crippen LogP contribution in [0.4, 0.5) is 0 Å². The molecule has 0 aliphatic carbocycles. The topological polar surface area (TPSA) is 59.1 Å². The van der Waals surface area contributed by atoms with E-state index >= 15 is 0 Å². The molecule has 0 radical (unpaired) electrons. The Balaban J connectivity index is 1.44. The van der Waals surface area contributed by atoms with Crippen molar-refractivity contribution in [2.45, 2.75) is 39.2 Å². The molecule has 0 saturated carbocycles. The number of amides is 2. The smallest absolute Gasteiger partial charge is 0.260 e. The Morgan fingerprint density at radius 1 is 0.871 bits per heavy atom. The highest BCUT2D eigenvalue weighted by Crippen LogP contribution is 2.30. The minimum Gasteiger partial charge on any atom is -0.490 e. The fraction of sp³-hybridized carbons (Fsp3) is 0.440. The Kier molecular flexibility index (Phi) is 6.75. The number of carbonyl (C=O) groups excluding carboxylic acids is 2. The van der Waals surface area contributed by atoms with E-state index in [0.29, 0.717) is 36.8 Å². The van der Waals surface area contributed by atoms with E-state index in [1.807, 2.05) is 28.9 Å². The third-order valence-corrected chi connectivity index (χ3v) is 5.97. The predicted molar refractivity (Wildman–Crippen MR) is 118 cm³/mol. The van der Waals surface area contributed by atoms with Crippen LogP contribution in [-0.2, 0) is 17.8 Å². The van der Waals surface area contributed by atoms with Crippen molar-refractivity contribution in [1.29, 1.82) is 0 Å². The van der Waals surface area contributed by atoms with E-state index in [4.69, 9.17) is 9.47 Å². The molecule has 1 saturated heterocycles. The second-order valence-electron chi connectivity index (χ2n) is 8.07. The van der Waals surface area contributed by atoms with Gasteiger partial charge in [0.05, 0.1) is 6.61 Å². The van der Waals surface area contributed by atoms with Gasteiger partial charge in [0.15, 0.2) is 18.1 Å². The van der Waals surface area contributed by atoms with Crippen LogP contribution in [-0.4, -0.2) is 54.5 Å². The molecule has 6 heteroatoms. The van der Waals surface area contributed by atoms with E-state index in [0.717, 1.165) is 32.4 Å². The molecule has 31 heavy (non-hydrogen) atoms. The Labute approximate surface area is 183 Å². The van der Waals surface area contributed by atoms with Gasteiger partial charge in [-0.15, -0.1) is 0 Å². The summed E-state index contributed by atoms with van der Waals surface area (Å²) in [7, 11) is 0. The number of ether oxygens (including phenoxy) is 2. The first-order valence-electron chi connectivity index (χ1n) is 11.2. The quantitative estimate of drug-likeness (QED) is 0.713. The van der Waals surface area contributed by atoms with Crippen molar-refractivity contribution in [2.75, 3.05) is 32.8 Å². The monoisotopic (exact) mass is 422 g/mol. The molecule has 2 amide bonds. The average Bonchev–Trinajstić information content (AvgIpc) is 2.83. The second kappa shape index (κ2) is 9.86. The minimum absolute atomic E-state index is 0.00529. The number of carbonyl (C=O) groups is 2. The van der Waals surface area contributed by atoms with Crippen LogP contribution in [0.1, 0.15) is 47.7 Å². The summed E-state index contributed by atoms with van der Waals surface area (Å²) >= 11 is 0. The van der Waals surface area contributed by atoms with E-state index < -0.39 is 0 Å². The first-order valence-corrected chi connectivity index (χ1v) is 11.2. The van der Waals surface area contributed by atoms with E-state index in [1.54, 1.807) is 18.2 Å². The van der Waals surface area contributed by atoms with Crippen molar-refractivity contribution in [3.8, 4) is 11.5 Å². The summed E-state index contributed by atoms with van der Waals surface area (Å²) in [5.74, 6) is 0.964. The largest absolute Gasteiger partial charge is 0.490 e. The van der Waals surface area contributed by atoms with Gasteiger partial charge in [-0.3, -0.25) is 9.59 Å². The molecular formula is C25H30N2O4. The molecule has 0 bridgehead atoms. The van der Waals surface area contributed by atoms with Crippen LogP contribution >= 0.6 is 0 Å². The SMILES string of the molecule is CCOc1cc(C(=O)N2CCc3ccccc3C2)ccc1OCC(=O)N1CCCCC1. The molecule has 2 aliphatic rings. The first-order chi connectivity index (χ1) is 15.2. The molecule has 2 aliphatic heterocycles. The molecule has 0 N–H and O–H groups in total. The fourth-order valence-corrected chi connectivity index (χ4v) is 4.25.